The molecule has 0 spiro atoms. The second-order valence-corrected chi connectivity index (χ2v) is 5.10. The molecule has 5 heteroatoms. The van der Waals surface area contributed by atoms with Crippen molar-refractivity contribution in [2.24, 2.45) is 5.84 Å². The van der Waals surface area contributed by atoms with Crippen molar-refractivity contribution in [3.8, 4) is 11.5 Å². The molecule has 21 heavy (non-hydrogen) atoms. The molecule has 0 heterocycles. The normalized spacial score (nSPS) is 12.0. The number of halogens is 1. The van der Waals surface area contributed by atoms with Gasteiger partial charge in [-0.3, -0.25) is 5.84 Å². The first-order valence-electron chi connectivity index (χ1n) is 6.55. The summed E-state index contributed by atoms with van der Waals surface area (Å²) in [5.74, 6) is 7.06. The monoisotopic (exact) mass is 306 g/mol. The zero-order valence-corrected chi connectivity index (χ0v) is 13.1. The molecular weight excluding hydrogens is 288 g/mol. The van der Waals surface area contributed by atoms with Crippen LogP contribution in [-0.4, -0.2) is 14.2 Å². The van der Waals surface area contributed by atoms with Crippen LogP contribution in [0.15, 0.2) is 36.4 Å². The van der Waals surface area contributed by atoms with Gasteiger partial charge in [-0.1, -0.05) is 35.9 Å². The molecule has 4 nitrogen and oxygen atoms in total. The molecule has 0 saturated carbocycles. The third kappa shape index (κ3) is 3.13. The van der Waals surface area contributed by atoms with Crippen molar-refractivity contribution >= 4 is 11.6 Å². The fraction of sp³-hybridized carbons (Fsp3) is 0.250. The van der Waals surface area contributed by atoms with Crippen molar-refractivity contribution in [2.75, 3.05) is 14.2 Å². The first-order chi connectivity index (χ1) is 10.1. The molecule has 0 aliphatic heterocycles. The van der Waals surface area contributed by atoms with Crippen LogP contribution in [-0.2, 0) is 0 Å². The summed E-state index contributed by atoms with van der Waals surface area (Å²) in [6, 6.07) is 11.3. The third-order valence-electron chi connectivity index (χ3n) is 3.44. The van der Waals surface area contributed by atoms with Gasteiger partial charge in [-0.25, -0.2) is 5.43 Å². The van der Waals surface area contributed by atoms with Crippen molar-refractivity contribution in [3.05, 3.63) is 58.1 Å². The number of methoxy groups -OCH3 is 2. The van der Waals surface area contributed by atoms with Crippen LogP contribution in [0, 0.1) is 6.92 Å². The second kappa shape index (κ2) is 6.80. The van der Waals surface area contributed by atoms with Crippen LogP contribution in [0.25, 0.3) is 0 Å². The molecule has 0 radical (unpaired) electrons. The van der Waals surface area contributed by atoms with Gasteiger partial charge >= 0.3 is 0 Å². The molecule has 0 aliphatic carbocycles. The minimum Gasteiger partial charge on any atom is -0.493 e. The van der Waals surface area contributed by atoms with Crippen molar-refractivity contribution in [3.63, 3.8) is 0 Å². The summed E-state index contributed by atoms with van der Waals surface area (Å²) < 4.78 is 10.8. The Hall–Kier alpha value is -1.75. The summed E-state index contributed by atoms with van der Waals surface area (Å²) in [7, 11) is 3.21. The van der Waals surface area contributed by atoms with Crippen LogP contribution in [0.3, 0.4) is 0 Å². The highest BCUT2D eigenvalue weighted by Crippen LogP contribution is 2.37. The van der Waals surface area contributed by atoms with Gasteiger partial charge in [-0.05, 0) is 30.2 Å². The largest absolute Gasteiger partial charge is 0.493 e. The molecule has 112 valence electrons. The zero-order valence-electron chi connectivity index (χ0n) is 12.3. The highest BCUT2D eigenvalue weighted by Gasteiger charge is 2.20. The Kier molecular flexibility index (Phi) is 5.07. The van der Waals surface area contributed by atoms with E-state index < -0.39 is 0 Å². The predicted molar refractivity (Wildman–Crippen MR) is 84.9 cm³/mol. The number of rotatable bonds is 5. The van der Waals surface area contributed by atoms with E-state index in [1.165, 1.54) is 0 Å². The lowest BCUT2D eigenvalue weighted by Crippen LogP contribution is -2.29. The molecular formula is C16H19ClN2O2. The summed E-state index contributed by atoms with van der Waals surface area (Å²) in [6.07, 6.45) is 0. The maximum Gasteiger partial charge on any atom is 0.165 e. The minimum absolute atomic E-state index is 0.242. The lowest BCUT2D eigenvalue weighted by atomic mass is 9.97. The lowest BCUT2D eigenvalue weighted by molar-refractivity contribution is 0.349. The Morgan fingerprint density at radius 1 is 1.14 bits per heavy atom. The molecule has 0 amide bonds. The van der Waals surface area contributed by atoms with E-state index in [0.717, 1.165) is 16.7 Å². The highest BCUT2D eigenvalue weighted by molar-refractivity contribution is 6.31. The number of ether oxygens (including phenoxy) is 2. The average molecular weight is 307 g/mol. The molecule has 1 atom stereocenters. The van der Waals surface area contributed by atoms with Gasteiger partial charge in [-0.15, -0.1) is 0 Å². The van der Waals surface area contributed by atoms with Crippen molar-refractivity contribution in [2.45, 2.75) is 13.0 Å². The van der Waals surface area contributed by atoms with Crippen LogP contribution in [0.2, 0.25) is 5.02 Å². The molecule has 0 aliphatic rings. The van der Waals surface area contributed by atoms with E-state index in [-0.39, 0.29) is 6.04 Å². The number of hydrogen-bond acceptors (Lipinski definition) is 4. The number of nitrogens with one attached hydrogen (secondary N) is 1. The number of aryl methyl sites for hydroxylation is 1. The van der Waals surface area contributed by atoms with Gasteiger partial charge < -0.3 is 9.47 Å². The van der Waals surface area contributed by atoms with E-state index in [2.05, 4.69) is 5.43 Å². The van der Waals surface area contributed by atoms with Crippen LogP contribution < -0.4 is 20.7 Å². The van der Waals surface area contributed by atoms with Gasteiger partial charge in [-0.2, -0.15) is 0 Å². The van der Waals surface area contributed by atoms with Crippen LogP contribution in [0.4, 0.5) is 0 Å². The van der Waals surface area contributed by atoms with Crippen molar-refractivity contribution < 1.29 is 9.47 Å². The predicted octanol–water partition coefficient (Wildman–Crippen LogP) is 3.22. The van der Waals surface area contributed by atoms with E-state index in [9.17, 15) is 0 Å². The number of nitrogens with two attached hydrogens (primary N) is 1. The lowest BCUT2D eigenvalue weighted by Gasteiger charge is -2.21. The van der Waals surface area contributed by atoms with E-state index in [1.807, 2.05) is 43.3 Å². The fourth-order valence-electron chi connectivity index (χ4n) is 2.29. The second-order valence-electron chi connectivity index (χ2n) is 4.69. The number of para-hydroxylation sites is 1. The van der Waals surface area contributed by atoms with Gasteiger partial charge in [0.1, 0.15) is 0 Å². The third-order valence-corrected chi connectivity index (χ3v) is 3.85. The zero-order chi connectivity index (χ0) is 15.4. The van der Waals surface area contributed by atoms with Crippen molar-refractivity contribution in [1.82, 2.24) is 5.43 Å². The first-order valence-corrected chi connectivity index (χ1v) is 6.93. The van der Waals surface area contributed by atoms with Crippen molar-refractivity contribution in [1.29, 1.82) is 0 Å². The van der Waals surface area contributed by atoms with E-state index in [0.29, 0.717) is 16.5 Å². The molecule has 0 aromatic heterocycles. The fourth-order valence-corrected chi connectivity index (χ4v) is 2.48. The molecule has 0 saturated heterocycles. The number of hydrogen-bond donors (Lipinski definition) is 2. The smallest absolute Gasteiger partial charge is 0.165 e. The van der Waals surface area contributed by atoms with Crippen LogP contribution in [0.5, 0.6) is 11.5 Å². The summed E-state index contributed by atoms with van der Waals surface area (Å²) in [5.41, 5.74) is 5.68. The quantitative estimate of drug-likeness (QED) is 0.658. The Labute approximate surface area is 129 Å². The van der Waals surface area contributed by atoms with Crippen LogP contribution in [0.1, 0.15) is 22.7 Å². The Bertz CT molecular complexity index is 632. The molecule has 2 rings (SSSR count). The summed E-state index contributed by atoms with van der Waals surface area (Å²) in [6.45, 7) is 1.96. The van der Waals surface area contributed by atoms with E-state index >= 15 is 0 Å². The Balaban J connectivity index is 2.53. The molecule has 0 fully saturated rings. The van der Waals surface area contributed by atoms with E-state index in [1.54, 1.807) is 14.2 Å². The minimum atomic E-state index is -0.242. The van der Waals surface area contributed by atoms with Crippen LogP contribution >= 0.6 is 11.6 Å². The summed E-state index contributed by atoms with van der Waals surface area (Å²) in [4.78, 5) is 0. The maximum atomic E-state index is 6.21. The Morgan fingerprint density at radius 2 is 1.90 bits per heavy atom. The molecule has 1 unspecified atom stereocenters. The molecule has 0 bridgehead atoms. The van der Waals surface area contributed by atoms with Gasteiger partial charge in [0.2, 0.25) is 0 Å². The first kappa shape index (κ1) is 15.6. The standard InChI is InChI=1S/C16H19ClN2O2/c1-10-7-8-11(9-13(10)17)15(19-18)12-5-4-6-14(20-2)16(12)21-3/h4-9,15,19H,18H2,1-3H3. The van der Waals surface area contributed by atoms with E-state index in [4.69, 9.17) is 26.9 Å². The number of hydrazine groups is 1. The molecule has 3 N–H and O–H groups in total. The maximum absolute atomic E-state index is 6.21. The SMILES string of the molecule is COc1cccc(C(NN)c2ccc(C)c(Cl)c2)c1OC. The van der Waals surface area contributed by atoms with Gasteiger partial charge in [0.25, 0.3) is 0 Å². The Morgan fingerprint density at radius 3 is 2.48 bits per heavy atom. The van der Waals surface area contributed by atoms with Gasteiger partial charge in [0.05, 0.1) is 20.3 Å². The summed E-state index contributed by atoms with van der Waals surface area (Å²) >= 11 is 6.21. The van der Waals surface area contributed by atoms with Gasteiger partial charge in [0.15, 0.2) is 11.5 Å². The molecule has 2 aromatic carbocycles. The topological polar surface area (TPSA) is 56.5 Å². The average Bonchev–Trinajstić information content (AvgIpc) is 2.51. The highest BCUT2D eigenvalue weighted by atomic mass is 35.5. The number of benzene rings is 2. The summed E-state index contributed by atoms with van der Waals surface area (Å²) in [5, 5.41) is 0.703. The molecule has 2 aromatic rings. The van der Waals surface area contributed by atoms with Gasteiger partial charge in [0, 0.05) is 10.6 Å².